The van der Waals surface area contributed by atoms with E-state index in [9.17, 15) is 9.18 Å². The van der Waals surface area contributed by atoms with Gasteiger partial charge in [0.1, 0.15) is 5.82 Å². The third-order valence-electron chi connectivity index (χ3n) is 1.91. The van der Waals surface area contributed by atoms with Crippen LogP contribution in [0.25, 0.3) is 0 Å². The van der Waals surface area contributed by atoms with Crippen LogP contribution in [0.5, 0.6) is 0 Å². The van der Waals surface area contributed by atoms with Gasteiger partial charge in [-0.25, -0.2) is 4.39 Å². The van der Waals surface area contributed by atoms with Gasteiger partial charge in [0, 0.05) is 0 Å². The molecule has 0 aromatic heterocycles. The molecule has 0 radical (unpaired) electrons. The average molecular weight is 181 g/mol. The van der Waals surface area contributed by atoms with Crippen molar-refractivity contribution in [2.45, 2.75) is 19.8 Å². The molecule has 13 heavy (non-hydrogen) atoms. The van der Waals surface area contributed by atoms with Crippen LogP contribution in [0.1, 0.15) is 35.7 Å². The van der Waals surface area contributed by atoms with Crippen LogP contribution in [0.2, 0.25) is 0 Å². The van der Waals surface area contributed by atoms with Crippen LogP contribution in [-0.2, 0) is 0 Å². The fraction of sp³-hybridized carbons (Fsp3) is 0.300. The first-order chi connectivity index (χ1) is 6.04. The molecule has 3 heteroatoms. The Bertz CT molecular complexity index is 334. The summed E-state index contributed by atoms with van der Waals surface area (Å²) in [6.45, 7) is 3.78. The molecule has 1 aromatic carbocycles. The summed E-state index contributed by atoms with van der Waals surface area (Å²) in [7, 11) is 0. The molecular formula is C10H12FNO. The monoisotopic (exact) mass is 181 g/mol. The Balaban J connectivity index is 3.34. The highest BCUT2D eigenvalue weighted by Crippen LogP contribution is 2.21. The van der Waals surface area contributed by atoms with Gasteiger partial charge in [0.15, 0.2) is 0 Å². The number of carbonyl (C=O) groups is 1. The Morgan fingerprint density at radius 2 is 2.08 bits per heavy atom. The molecule has 2 N–H and O–H groups in total. The lowest BCUT2D eigenvalue weighted by molar-refractivity contribution is 0.0995. The van der Waals surface area contributed by atoms with Crippen molar-refractivity contribution in [1.29, 1.82) is 0 Å². The molecule has 0 aliphatic heterocycles. The summed E-state index contributed by atoms with van der Waals surface area (Å²) in [5, 5.41) is 0. The minimum absolute atomic E-state index is 0.0116. The molecule has 1 amide bonds. The van der Waals surface area contributed by atoms with Crippen molar-refractivity contribution in [3.63, 3.8) is 0 Å². The Morgan fingerprint density at radius 3 is 2.46 bits per heavy atom. The summed E-state index contributed by atoms with van der Waals surface area (Å²) in [5.41, 5.74) is 5.75. The molecule has 0 aliphatic carbocycles. The molecule has 0 spiro atoms. The fourth-order valence-corrected chi connectivity index (χ4v) is 1.28. The molecule has 0 fully saturated rings. The number of amides is 1. The number of halogens is 1. The highest BCUT2D eigenvalue weighted by Gasteiger charge is 2.15. The summed E-state index contributed by atoms with van der Waals surface area (Å²) in [6, 6.07) is 4.54. The lowest BCUT2D eigenvalue weighted by atomic mass is 9.96. The molecule has 1 aromatic rings. The normalized spacial score (nSPS) is 10.5. The van der Waals surface area contributed by atoms with Gasteiger partial charge in [0.2, 0.25) is 0 Å². The standard InChI is InChI=1S/C10H12FNO/c1-6(2)7-4-3-5-8(11)9(7)10(12)13/h3-6H,1-2H3,(H2,12,13). The minimum Gasteiger partial charge on any atom is -0.365 e. The van der Waals surface area contributed by atoms with Gasteiger partial charge < -0.3 is 5.73 Å². The second-order valence-corrected chi connectivity index (χ2v) is 3.22. The van der Waals surface area contributed by atoms with E-state index in [0.29, 0.717) is 5.56 Å². The quantitative estimate of drug-likeness (QED) is 0.745. The van der Waals surface area contributed by atoms with Crippen molar-refractivity contribution in [2.75, 3.05) is 0 Å². The van der Waals surface area contributed by atoms with Crippen LogP contribution in [-0.4, -0.2) is 5.91 Å². The van der Waals surface area contributed by atoms with Crippen molar-refractivity contribution in [3.8, 4) is 0 Å². The van der Waals surface area contributed by atoms with Gasteiger partial charge in [0.05, 0.1) is 5.56 Å². The summed E-state index contributed by atoms with van der Waals surface area (Å²) >= 11 is 0. The molecule has 0 bridgehead atoms. The van der Waals surface area contributed by atoms with Crippen LogP contribution in [0.4, 0.5) is 4.39 Å². The molecule has 70 valence electrons. The first kappa shape index (κ1) is 9.71. The first-order valence-corrected chi connectivity index (χ1v) is 4.12. The van der Waals surface area contributed by atoms with Crippen molar-refractivity contribution in [1.82, 2.24) is 0 Å². The van der Waals surface area contributed by atoms with Crippen LogP contribution in [0, 0.1) is 5.82 Å². The molecule has 2 nitrogen and oxygen atoms in total. The van der Waals surface area contributed by atoms with Gasteiger partial charge in [0.25, 0.3) is 5.91 Å². The minimum atomic E-state index is -0.707. The molecule has 0 saturated carbocycles. The zero-order chi connectivity index (χ0) is 10.0. The summed E-state index contributed by atoms with van der Waals surface area (Å²) in [5.74, 6) is -1.15. The summed E-state index contributed by atoms with van der Waals surface area (Å²) in [6.07, 6.45) is 0. The molecule has 0 unspecified atom stereocenters. The zero-order valence-electron chi connectivity index (χ0n) is 7.67. The van der Waals surface area contributed by atoms with Gasteiger partial charge in [-0.2, -0.15) is 0 Å². The number of rotatable bonds is 2. The van der Waals surface area contributed by atoms with Crippen LogP contribution < -0.4 is 5.73 Å². The number of hydrogen-bond acceptors (Lipinski definition) is 1. The Labute approximate surface area is 76.6 Å². The predicted octanol–water partition coefficient (Wildman–Crippen LogP) is 2.05. The smallest absolute Gasteiger partial charge is 0.251 e. The topological polar surface area (TPSA) is 43.1 Å². The number of primary amides is 1. The van der Waals surface area contributed by atoms with Gasteiger partial charge >= 0.3 is 0 Å². The van der Waals surface area contributed by atoms with Crippen LogP contribution >= 0.6 is 0 Å². The van der Waals surface area contributed by atoms with Crippen molar-refractivity contribution >= 4 is 5.91 Å². The van der Waals surface area contributed by atoms with Gasteiger partial charge in [-0.1, -0.05) is 26.0 Å². The highest BCUT2D eigenvalue weighted by molar-refractivity contribution is 5.94. The zero-order valence-corrected chi connectivity index (χ0v) is 7.67. The van der Waals surface area contributed by atoms with E-state index in [1.807, 2.05) is 13.8 Å². The van der Waals surface area contributed by atoms with E-state index >= 15 is 0 Å². The van der Waals surface area contributed by atoms with Gasteiger partial charge in [-0.15, -0.1) is 0 Å². The van der Waals surface area contributed by atoms with Gasteiger partial charge in [-0.05, 0) is 17.5 Å². The molecule has 0 saturated heterocycles. The Kier molecular flexibility index (Phi) is 2.66. The maximum absolute atomic E-state index is 13.2. The SMILES string of the molecule is CC(C)c1cccc(F)c1C(N)=O. The van der Waals surface area contributed by atoms with E-state index in [-0.39, 0.29) is 11.5 Å². The summed E-state index contributed by atoms with van der Waals surface area (Å²) in [4.78, 5) is 10.9. The van der Waals surface area contributed by atoms with Gasteiger partial charge in [-0.3, -0.25) is 4.79 Å². The van der Waals surface area contributed by atoms with Crippen LogP contribution in [0.15, 0.2) is 18.2 Å². The fourth-order valence-electron chi connectivity index (χ4n) is 1.28. The highest BCUT2D eigenvalue weighted by atomic mass is 19.1. The Morgan fingerprint density at radius 1 is 1.46 bits per heavy atom. The average Bonchev–Trinajstić information content (AvgIpc) is 2.02. The van der Waals surface area contributed by atoms with E-state index in [2.05, 4.69) is 0 Å². The number of hydrogen-bond donors (Lipinski definition) is 1. The van der Waals surface area contributed by atoms with Crippen molar-refractivity contribution < 1.29 is 9.18 Å². The Hall–Kier alpha value is -1.38. The van der Waals surface area contributed by atoms with E-state index in [1.54, 1.807) is 12.1 Å². The molecule has 1 rings (SSSR count). The lowest BCUT2D eigenvalue weighted by Gasteiger charge is -2.10. The maximum atomic E-state index is 13.2. The van der Waals surface area contributed by atoms with E-state index in [0.717, 1.165) is 0 Å². The van der Waals surface area contributed by atoms with E-state index in [1.165, 1.54) is 6.07 Å². The van der Waals surface area contributed by atoms with Crippen LogP contribution in [0.3, 0.4) is 0 Å². The molecule has 0 atom stereocenters. The summed E-state index contributed by atoms with van der Waals surface area (Å²) < 4.78 is 13.2. The maximum Gasteiger partial charge on any atom is 0.251 e. The van der Waals surface area contributed by atoms with E-state index < -0.39 is 11.7 Å². The second kappa shape index (κ2) is 3.56. The third kappa shape index (κ3) is 1.86. The molecule has 0 aliphatic rings. The predicted molar refractivity (Wildman–Crippen MR) is 49.0 cm³/mol. The van der Waals surface area contributed by atoms with Crippen molar-refractivity contribution in [3.05, 3.63) is 35.1 Å². The third-order valence-corrected chi connectivity index (χ3v) is 1.91. The number of benzene rings is 1. The molecular weight excluding hydrogens is 169 g/mol. The largest absolute Gasteiger partial charge is 0.365 e. The molecule has 0 heterocycles. The van der Waals surface area contributed by atoms with Crippen molar-refractivity contribution in [2.24, 2.45) is 5.73 Å². The lowest BCUT2D eigenvalue weighted by Crippen LogP contribution is -2.16. The van der Waals surface area contributed by atoms with E-state index in [4.69, 9.17) is 5.73 Å². The second-order valence-electron chi connectivity index (χ2n) is 3.22. The number of carbonyl (C=O) groups excluding carboxylic acids is 1. The number of nitrogens with two attached hydrogens (primary N) is 1. The first-order valence-electron chi connectivity index (χ1n) is 4.12.